The lowest BCUT2D eigenvalue weighted by Gasteiger charge is -2.14. The van der Waals surface area contributed by atoms with Gasteiger partial charge in [0, 0.05) is 24.8 Å². The van der Waals surface area contributed by atoms with E-state index in [1.165, 1.54) is 24.3 Å². The number of alkyl halides is 3. The number of nitrogens with one attached hydrogen (secondary N) is 1. The molecule has 0 bridgehead atoms. The number of benzene rings is 2. The van der Waals surface area contributed by atoms with Gasteiger partial charge < -0.3 is 20.9 Å². The molecule has 1 atom stereocenters. The molecule has 2 aromatic rings. The summed E-state index contributed by atoms with van der Waals surface area (Å²) in [5.74, 6) is -0.264. The summed E-state index contributed by atoms with van der Waals surface area (Å²) in [6.07, 6.45) is -4.27. The van der Waals surface area contributed by atoms with Gasteiger partial charge >= 0.3 is 6.36 Å². The molecule has 1 unspecified atom stereocenters. The molecule has 0 aliphatic rings. The maximum atomic E-state index is 12.2. The van der Waals surface area contributed by atoms with Crippen molar-refractivity contribution in [2.24, 2.45) is 16.6 Å². The third kappa shape index (κ3) is 7.02. The average molecular weight is 367 g/mol. The van der Waals surface area contributed by atoms with Crippen molar-refractivity contribution in [2.75, 3.05) is 18.5 Å². The average Bonchev–Trinajstić information content (AvgIpc) is 2.59. The van der Waals surface area contributed by atoms with Crippen molar-refractivity contribution in [3.63, 3.8) is 0 Å². The number of nitrogens with two attached hydrogens (primary N) is 1. The molecule has 0 aromatic heterocycles. The smallest absolute Gasteiger partial charge is 0.406 e. The van der Waals surface area contributed by atoms with Crippen LogP contribution in [0, 0.1) is 5.92 Å². The summed E-state index contributed by atoms with van der Waals surface area (Å²) in [5.41, 5.74) is 7.38. The van der Waals surface area contributed by atoms with Crippen LogP contribution in [0.15, 0.2) is 59.6 Å². The summed E-state index contributed by atoms with van der Waals surface area (Å²) in [6, 6.07) is 14.8. The highest BCUT2D eigenvalue weighted by molar-refractivity contribution is 5.92. The molecule has 0 radical (unpaired) electrons. The third-order valence-corrected chi connectivity index (χ3v) is 3.51. The summed E-state index contributed by atoms with van der Waals surface area (Å²) in [4.78, 5) is 4.20. The highest BCUT2D eigenvalue weighted by Crippen LogP contribution is 2.23. The first-order chi connectivity index (χ1) is 12.4. The SMILES string of the molecule is NC(=NCC(CO)Cc1ccc(OC(F)(F)F)cc1)Nc1ccccc1. The summed E-state index contributed by atoms with van der Waals surface area (Å²) in [5, 5.41) is 12.4. The first-order valence-electron chi connectivity index (χ1n) is 7.93. The first kappa shape index (κ1) is 19.6. The summed E-state index contributed by atoms with van der Waals surface area (Å²) < 4.78 is 40.3. The van der Waals surface area contributed by atoms with Crippen LogP contribution in [-0.4, -0.2) is 30.6 Å². The van der Waals surface area contributed by atoms with E-state index < -0.39 is 6.36 Å². The van der Waals surface area contributed by atoms with Crippen LogP contribution in [0.5, 0.6) is 5.75 Å². The second-order valence-corrected chi connectivity index (χ2v) is 5.66. The number of aliphatic imine (C=N–C) groups is 1. The van der Waals surface area contributed by atoms with Gasteiger partial charge in [0.05, 0.1) is 0 Å². The van der Waals surface area contributed by atoms with Crippen LogP contribution in [0.3, 0.4) is 0 Å². The van der Waals surface area contributed by atoms with Gasteiger partial charge in [0.2, 0.25) is 0 Å². The van der Waals surface area contributed by atoms with E-state index in [9.17, 15) is 18.3 Å². The Bertz CT molecular complexity index is 704. The number of aliphatic hydroxyl groups is 1. The molecule has 0 fully saturated rings. The van der Waals surface area contributed by atoms with Gasteiger partial charge in [-0.15, -0.1) is 13.2 Å². The lowest BCUT2D eigenvalue weighted by atomic mass is 10.0. The number of anilines is 1. The number of ether oxygens (including phenoxy) is 1. The maximum absolute atomic E-state index is 12.2. The van der Waals surface area contributed by atoms with Crippen molar-refractivity contribution in [2.45, 2.75) is 12.8 Å². The highest BCUT2D eigenvalue weighted by atomic mass is 19.4. The van der Waals surface area contributed by atoms with Crippen LogP contribution >= 0.6 is 0 Å². The summed E-state index contributed by atoms with van der Waals surface area (Å²) in [7, 11) is 0. The Labute approximate surface area is 149 Å². The van der Waals surface area contributed by atoms with Gasteiger partial charge in [-0.25, -0.2) is 0 Å². The molecule has 0 amide bonds. The van der Waals surface area contributed by atoms with E-state index in [0.717, 1.165) is 11.3 Å². The predicted octanol–water partition coefficient (Wildman–Crippen LogP) is 3.16. The fourth-order valence-corrected chi connectivity index (χ4v) is 2.28. The number of hydrogen-bond acceptors (Lipinski definition) is 3. The molecule has 0 aliphatic carbocycles. The molecule has 26 heavy (non-hydrogen) atoms. The van der Waals surface area contributed by atoms with Gasteiger partial charge in [-0.2, -0.15) is 0 Å². The molecule has 140 valence electrons. The largest absolute Gasteiger partial charge is 0.573 e. The van der Waals surface area contributed by atoms with Crippen LogP contribution in [0.2, 0.25) is 0 Å². The van der Waals surface area contributed by atoms with Crippen molar-refractivity contribution in [3.05, 3.63) is 60.2 Å². The molecule has 4 N–H and O–H groups in total. The number of nitrogens with zero attached hydrogens (tertiary/aromatic N) is 1. The minimum Gasteiger partial charge on any atom is -0.406 e. The summed E-state index contributed by atoms with van der Waals surface area (Å²) in [6.45, 7) is 0.159. The number of aliphatic hydroxyl groups excluding tert-OH is 1. The second-order valence-electron chi connectivity index (χ2n) is 5.66. The topological polar surface area (TPSA) is 79.9 Å². The van der Waals surface area contributed by atoms with Gasteiger partial charge in [0.15, 0.2) is 5.96 Å². The van der Waals surface area contributed by atoms with Crippen molar-refractivity contribution >= 4 is 11.6 Å². The normalized spacial score (nSPS) is 13.3. The molecular weight excluding hydrogens is 347 g/mol. The zero-order valence-corrected chi connectivity index (χ0v) is 13.9. The van der Waals surface area contributed by atoms with Crippen molar-refractivity contribution in [3.8, 4) is 5.75 Å². The molecule has 0 saturated heterocycles. The molecule has 0 spiro atoms. The zero-order valence-electron chi connectivity index (χ0n) is 13.9. The molecule has 0 saturated carbocycles. The van der Waals surface area contributed by atoms with Crippen molar-refractivity contribution in [1.82, 2.24) is 0 Å². The minimum absolute atomic E-state index is 0.122. The van der Waals surface area contributed by atoms with E-state index in [1.54, 1.807) is 0 Å². The van der Waals surface area contributed by atoms with Crippen molar-refractivity contribution in [1.29, 1.82) is 0 Å². The monoisotopic (exact) mass is 367 g/mol. The van der Waals surface area contributed by atoms with Gasteiger partial charge in [0.25, 0.3) is 0 Å². The fraction of sp³-hybridized carbons (Fsp3) is 0.278. The van der Waals surface area contributed by atoms with E-state index in [0.29, 0.717) is 6.42 Å². The number of para-hydroxylation sites is 1. The molecule has 0 aliphatic heterocycles. The Morgan fingerprint density at radius 3 is 2.35 bits per heavy atom. The van der Waals surface area contributed by atoms with Crippen LogP contribution in [-0.2, 0) is 6.42 Å². The summed E-state index contributed by atoms with van der Waals surface area (Å²) >= 11 is 0. The Morgan fingerprint density at radius 2 is 1.77 bits per heavy atom. The van der Waals surface area contributed by atoms with E-state index in [2.05, 4.69) is 15.0 Å². The Hall–Kier alpha value is -2.74. The van der Waals surface area contributed by atoms with Crippen LogP contribution in [0.4, 0.5) is 18.9 Å². The molecule has 8 heteroatoms. The number of hydrogen-bond donors (Lipinski definition) is 3. The standard InChI is InChI=1S/C18H20F3N3O2/c19-18(20,21)26-16-8-6-13(7-9-16)10-14(12-25)11-23-17(22)24-15-4-2-1-3-5-15/h1-9,14,25H,10-12H2,(H3,22,23,24). The second kappa shape index (κ2) is 9.10. The van der Waals surface area contributed by atoms with Gasteiger partial charge in [-0.3, -0.25) is 4.99 Å². The third-order valence-electron chi connectivity index (χ3n) is 3.51. The van der Waals surface area contributed by atoms with Gasteiger partial charge in [-0.05, 0) is 36.2 Å². The highest BCUT2D eigenvalue weighted by Gasteiger charge is 2.30. The van der Waals surface area contributed by atoms with Crippen molar-refractivity contribution < 1.29 is 23.0 Å². The molecular formula is C18H20F3N3O2. The number of halogens is 3. The van der Waals surface area contributed by atoms with E-state index in [4.69, 9.17) is 5.73 Å². The molecule has 5 nitrogen and oxygen atoms in total. The molecule has 2 rings (SSSR count). The molecule has 2 aromatic carbocycles. The van der Waals surface area contributed by atoms with Crippen LogP contribution in [0.25, 0.3) is 0 Å². The molecule has 0 heterocycles. The number of guanidine groups is 1. The van der Waals surface area contributed by atoms with Gasteiger partial charge in [-0.1, -0.05) is 30.3 Å². The van der Waals surface area contributed by atoms with E-state index in [1.807, 2.05) is 30.3 Å². The quantitative estimate of drug-likeness (QED) is 0.519. The Kier molecular flexibility index (Phi) is 6.85. The Balaban J connectivity index is 1.89. The maximum Gasteiger partial charge on any atom is 0.573 e. The minimum atomic E-state index is -4.72. The lowest BCUT2D eigenvalue weighted by Crippen LogP contribution is -2.24. The van der Waals surface area contributed by atoms with Crippen LogP contribution in [0.1, 0.15) is 5.56 Å². The van der Waals surface area contributed by atoms with Gasteiger partial charge in [0.1, 0.15) is 5.75 Å². The Morgan fingerprint density at radius 1 is 1.12 bits per heavy atom. The zero-order chi connectivity index (χ0) is 19.0. The number of rotatable bonds is 7. The van der Waals surface area contributed by atoms with E-state index in [-0.39, 0.29) is 30.8 Å². The fourth-order valence-electron chi connectivity index (χ4n) is 2.28. The van der Waals surface area contributed by atoms with E-state index >= 15 is 0 Å². The van der Waals surface area contributed by atoms with Crippen LogP contribution < -0.4 is 15.8 Å². The lowest BCUT2D eigenvalue weighted by molar-refractivity contribution is -0.274. The first-order valence-corrected chi connectivity index (χ1v) is 7.93. The predicted molar refractivity (Wildman–Crippen MR) is 94.0 cm³/mol.